The number of halogens is 5. The fraction of sp³-hybridized carbons (Fsp3) is 0.500. The molecule has 0 aliphatic carbocycles. The number of aryl methyl sites for hydroxylation is 1. The van der Waals surface area contributed by atoms with E-state index in [2.05, 4.69) is 4.74 Å². The Kier molecular flexibility index (Phi) is 12.0. The van der Waals surface area contributed by atoms with E-state index in [1.165, 1.54) is 6.07 Å². The Morgan fingerprint density at radius 1 is 0.952 bits per heavy atom. The number of furan rings is 1. The highest BCUT2D eigenvalue weighted by Gasteiger charge is 2.33. The number of carbonyl (C=O) groups excluding carboxylic acids is 1. The van der Waals surface area contributed by atoms with Crippen LogP contribution in [0.3, 0.4) is 0 Å². The molecule has 3 rings (SSSR count). The van der Waals surface area contributed by atoms with Crippen LogP contribution in [0.4, 0.5) is 22.0 Å². The molecule has 0 aliphatic rings. The summed E-state index contributed by atoms with van der Waals surface area (Å²) in [6.07, 6.45) is -2.26. The molecule has 42 heavy (non-hydrogen) atoms. The summed E-state index contributed by atoms with van der Waals surface area (Å²) in [5.41, 5.74) is 11.9. The summed E-state index contributed by atoms with van der Waals surface area (Å²) < 4.78 is 88.4. The number of hydrogen-bond acceptors (Lipinski definition) is 7. The number of hydrogen-bond donors (Lipinski definition) is 2. The maximum atomic E-state index is 14.2. The fourth-order valence-electron chi connectivity index (χ4n) is 4.30. The van der Waals surface area contributed by atoms with Gasteiger partial charge in [0, 0.05) is 30.8 Å². The van der Waals surface area contributed by atoms with Crippen LogP contribution in [0.25, 0.3) is 22.3 Å². The van der Waals surface area contributed by atoms with Gasteiger partial charge in [0.05, 0.1) is 18.8 Å². The van der Waals surface area contributed by atoms with Gasteiger partial charge in [-0.25, -0.2) is 8.78 Å². The molecule has 4 N–H and O–H groups in total. The summed E-state index contributed by atoms with van der Waals surface area (Å²) in [6, 6.07) is 10.2. The highest BCUT2D eigenvalue weighted by molar-refractivity contribution is 5.85. The minimum Gasteiger partial charge on any atom is -0.493 e. The molecule has 1 atom stereocenters. The lowest BCUT2D eigenvalue weighted by atomic mass is 10.0. The zero-order valence-corrected chi connectivity index (χ0v) is 23.5. The van der Waals surface area contributed by atoms with Gasteiger partial charge in [0.15, 0.2) is 0 Å². The number of esters is 1. The predicted molar refractivity (Wildman–Crippen MR) is 148 cm³/mol. The molecule has 2 aromatic carbocycles. The SMILES string of the molecule is CCCCCc1ccc(-c2cc3ccc(OCCCC(F)(F)CCCOC(=O)C(N)CN)cc3o2)c(OC(F)(F)F)c1. The second kappa shape index (κ2) is 15.2. The van der Waals surface area contributed by atoms with E-state index in [0.29, 0.717) is 23.1 Å². The van der Waals surface area contributed by atoms with Gasteiger partial charge in [-0.2, -0.15) is 0 Å². The van der Waals surface area contributed by atoms with Crippen molar-refractivity contribution in [2.75, 3.05) is 19.8 Å². The van der Waals surface area contributed by atoms with Crippen molar-refractivity contribution >= 4 is 16.9 Å². The molecule has 0 radical (unpaired) electrons. The first-order valence-electron chi connectivity index (χ1n) is 14.0. The van der Waals surface area contributed by atoms with E-state index in [0.717, 1.165) is 24.8 Å². The molecule has 1 aromatic heterocycles. The van der Waals surface area contributed by atoms with E-state index in [1.54, 1.807) is 36.4 Å². The summed E-state index contributed by atoms with van der Waals surface area (Å²) in [5.74, 6) is -3.47. The van der Waals surface area contributed by atoms with E-state index in [9.17, 15) is 26.7 Å². The van der Waals surface area contributed by atoms with Gasteiger partial charge in [0.25, 0.3) is 0 Å². The Hall–Kier alpha value is -3.38. The monoisotopic (exact) mass is 600 g/mol. The topological polar surface area (TPSA) is 110 Å². The van der Waals surface area contributed by atoms with Crippen LogP contribution in [-0.2, 0) is 16.0 Å². The maximum Gasteiger partial charge on any atom is 0.573 e. The largest absolute Gasteiger partial charge is 0.573 e. The van der Waals surface area contributed by atoms with Crippen LogP contribution in [0, 0.1) is 0 Å². The smallest absolute Gasteiger partial charge is 0.493 e. The van der Waals surface area contributed by atoms with E-state index in [-0.39, 0.29) is 49.7 Å². The Morgan fingerprint density at radius 3 is 2.38 bits per heavy atom. The van der Waals surface area contributed by atoms with Gasteiger partial charge in [-0.15, -0.1) is 13.2 Å². The van der Waals surface area contributed by atoms with Crippen LogP contribution < -0.4 is 20.9 Å². The zero-order valence-electron chi connectivity index (χ0n) is 23.5. The second-order valence-corrected chi connectivity index (χ2v) is 10.1. The van der Waals surface area contributed by atoms with Gasteiger partial charge in [-0.1, -0.05) is 25.8 Å². The molecule has 0 amide bonds. The number of rotatable bonds is 17. The molecule has 1 unspecified atom stereocenters. The van der Waals surface area contributed by atoms with Crippen molar-refractivity contribution in [3.63, 3.8) is 0 Å². The average Bonchev–Trinajstić information content (AvgIpc) is 3.35. The third-order valence-corrected chi connectivity index (χ3v) is 6.54. The first kappa shape index (κ1) is 33.1. The van der Waals surface area contributed by atoms with Crippen molar-refractivity contribution in [2.24, 2.45) is 11.5 Å². The van der Waals surface area contributed by atoms with Gasteiger partial charge in [0.2, 0.25) is 5.92 Å². The minimum absolute atomic E-state index is 0.0120. The molecule has 232 valence electrons. The summed E-state index contributed by atoms with van der Waals surface area (Å²) in [6.45, 7) is 1.80. The van der Waals surface area contributed by atoms with E-state index in [1.807, 2.05) is 6.92 Å². The third kappa shape index (κ3) is 10.5. The van der Waals surface area contributed by atoms with Crippen molar-refractivity contribution in [1.29, 1.82) is 0 Å². The maximum absolute atomic E-state index is 14.2. The van der Waals surface area contributed by atoms with Gasteiger partial charge < -0.3 is 30.1 Å². The molecule has 0 bridgehead atoms. The normalized spacial score (nSPS) is 12.9. The lowest BCUT2D eigenvalue weighted by Crippen LogP contribution is -2.39. The summed E-state index contributed by atoms with van der Waals surface area (Å²) in [7, 11) is 0. The number of benzene rings is 2. The van der Waals surface area contributed by atoms with Crippen LogP contribution in [0.1, 0.15) is 57.4 Å². The van der Waals surface area contributed by atoms with E-state index in [4.69, 9.17) is 25.4 Å². The molecular weight excluding hydrogens is 563 g/mol. The van der Waals surface area contributed by atoms with E-state index >= 15 is 0 Å². The quantitative estimate of drug-likeness (QED) is 0.0963. The van der Waals surface area contributed by atoms with Crippen molar-refractivity contribution in [2.45, 2.75) is 76.6 Å². The lowest BCUT2D eigenvalue weighted by molar-refractivity contribution is -0.274. The number of unbranched alkanes of at least 4 members (excludes halogenated alkanes) is 2. The predicted octanol–water partition coefficient (Wildman–Crippen LogP) is 7.13. The van der Waals surface area contributed by atoms with E-state index < -0.39 is 37.1 Å². The van der Waals surface area contributed by atoms with Crippen molar-refractivity contribution < 1.29 is 45.4 Å². The zero-order chi connectivity index (χ0) is 30.8. The molecule has 0 fully saturated rings. The fourth-order valence-corrected chi connectivity index (χ4v) is 4.30. The molecule has 0 spiro atoms. The van der Waals surface area contributed by atoms with Crippen LogP contribution in [0.2, 0.25) is 0 Å². The summed E-state index contributed by atoms with van der Waals surface area (Å²) in [5, 5.41) is 0.627. The first-order valence-corrected chi connectivity index (χ1v) is 14.0. The first-order chi connectivity index (χ1) is 19.9. The Balaban J connectivity index is 1.58. The highest BCUT2D eigenvalue weighted by atomic mass is 19.4. The standard InChI is InChI=1S/C30H37F5N2O5/c1-2-3-4-7-20-8-11-23(27(16-20)42-30(33,34)35)26-17-21-9-10-22(18-25(21)41-26)39-14-5-12-29(31,32)13-6-15-40-28(38)24(37)19-36/h8-11,16-18,24H,2-7,12-15,19,36-37H2,1H3. The molecule has 7 nitrogen and oxygen atoms in total. The van der Waals surface area contributed by atoms with Gasteiger partial charge in [-0.3, -0.25) is 4.79 Å². The molecule has 1 heterocycles. The summed E-state index contributed by atoms with van der Waals surface area (Å²) in [4.78, 5) is 11.4. The van der Waals surface area contributed by atoms with Gasteiger partial charge >= 0.3 is 12.3 Å². The second-order valence-electron chi connectivity index (χ2n) is 10.1. The Bertz CT molecular complexity index is 1290. The molecule has 12 heteroatoms. The van der Waals surface area contributed by atoms with Crippen LogP contribution in [-0.4, -0.2) is 44.1 Å². The van der Waals surface area contributed by atoms with Crippen molar-refractivity contribution in [1.82, 2.24) is 0 Å². The van der Waals surface area contributed by atoms with Crippen LogP contribution in [0.15, 0.2) is 46.9 Å². The third-order valence-electron chi connectivity index (χ3n) is 6.54. The van der Waals surface area contributed by atoms with Crippen LogP contribution in [0.5, 0.6) is 11.5 Å². The van der Waals surface area contributed by atoms with Crippen LogP contribution >= 0.6 is 0 Å². The lowest BCUT2D eigenvalue weighted by Gasteiger charge is -2.16. The van der Waals surface area contributed by atoms with Gasteiger partial charge in [-0.05, 0) is 61.6 Å². The number of fused-ring (bicyclic) bond motifs is 1. The summed E-state index contributed by atoms with van der Waals surface area (Å²) >= 11 is 0. The average molecular weight is 601 g/mol. The molecule has 3 aromatic rings. The minimum atomic E-state index is -4.87. The molecular formula is C30H37F5N2O5. The van der Waals surface area contributed by atoms with Crippen molar-refractivity contribution in [3.05, 3.63) is 48.0 Å². The Morgan fingerprint density at radius 2 is 1.69 bits per heavy atom. The number of ether oxygens (including phenoxy) is 3. The Labute approximate surface area is 241 Å². The highest BCUT2D eigenvalue weighted by Crippen LogP contribution is 2.38. The molecule has 0 aliphatic heterocycles. The number of carbonyl (C=O) groups is 1. The van der Waals surface area contributed by atoms with Gasteiger partial charge in [0.1, 0.15) is 28.9 Å². The molecule has 0 saturated carbocycles. The number of alkyl halides is 5. The molecule has 0 saturated heterocycles. The number of nitrogens with two attached hydrogens (primary N) is 2. The van der Waals surface area contributed by atoms with Crippen molar-refractivity contribution in [3.8, 4) is 22.8 Å².